The summed E-state index contributed by atoms with van der Waals surface area (Å²) in [7, 11) is 0. The van der Waals surface area contributed by atoms with E-state index in [1.54, 1.807) is 0 Å². The van der Waals surface area contributed by atoms with E-state index in [0.29, 0.717) is 0 Å². The molecule has 0 bridgehead atoms. The maximum Gasteiger partial charge on any atom is 0.0175 e. The van der Waals surface area contributed by atoms with E-state index in [4.69, 9.17) is 0 Å². The molecule has 0 aromatic heterocycles. The summed E-state index contributed by atoms with van der Waals surface area (Å²) in [5.74, 6) is 0. The lowest BCUT2D eigenvalue weighted by Crippen LogP contribution is -1.79. The lowest BCUT2D eigenvalue weighted by Gasteiger charge is -2.03. The van der Waals surface area contributed by atoms with Gasteiger partial charge < -0.3 is 0 Å². The van der Waals surface area contributed by atoms with Gasteiger partial charge in [0.2, 0.25) is 0 Å². The molecule has 0 spiro atoms. The lowest BCUT2D eigenvalue weighted by atomic mass is 10.0. The van der Waals surface area contributed by atoms with Crippen LogP contribution in [0.15, 0.2) is 53.0 Å². The first-order chi connectivity index (χ1) is 7.29. The number of hydrogen-bond donors (Lipinski definition) is 0. The molecule has 0 aliphatic heterocycles. The van der Waals surface area contributed by atoms with Crippen molar-refractivity contribution in [3.8, 4) is 11.1 Å². The molecule has 0 unspecified atom stereocenters. The van der Waals surface area contributed by atoms with Crippen LogP contribution in [-0.4, -0.2) is 0 Å². The van der Waals surface area contributed by atoms with E-state index in [1.165, 1.54) is 16.7 Å². The van der Waals surface area contributed by atoms with Crippen molar-refractivity contribution in [3.05, 3.63) is 65.0 Å². The summed E-state index contributed by atoms with van der Waals surface area (Å²) >= 11 is 3.44. The summed E-state index contributed by atoms with van der Waals surface area (Å²) in [5.41, 5.74) is 3.77. The molecule has 0 N–H and O–H groups in total. The molecule has 0 saturated carbocycles. The first kappa shape index (κ1) is 10.4. The van der Waals surface area contributed by atoms with Crippen LogP contribution >= 0.6 is 15.9 Å². The number of hydrogen-bond acceptors (Lipinski definition) is 0. The van der Waals surface area contributed by atoms with Crippen LogP contribution in [0.3, 0.4) is 0 Å². The Kier molecular flexibility index (Phi) is 3.22. The zero-order chi connectivity index (χ0) is 10.7. The van der Waals surface area contributed by atoms with Gasteiger partial charge in [-0.15, -0.1) is 0 Å². The third kappa shape index (κ3) is 2.48. The Labute approximate surface area is 99.1 Å². The van der Waals surface area contributed by atoms with Crippen molar-refractivity contribution in [1.82, 2.24) is 0 Å². The first-order valence-electron chi connectivity index (χ1n) is 4.95. The molecule has 0 aliphatic carbocycles. The average molecular weight is 260 g/mol. The highest BCUT2D eigenvalue weighted by Gasteiger charge is 1.97. The molecule has 2 rings (SSSR count). The molecule has 0 nitrogen and oxygen atoms in total. The third-order valence-electron chi connectivity index (χ3n) is 2.42. The van der Waals surface area contributed by atoms with Crippen LogP contribution in [0.25, 0.3) is 11.1 Å². The molecule has 0 heterocycles. The second-order valence-corrected chi connectivity index (χ2v) is 4.33. The monoisotopic (exact) mass is 259 g/mol. The van der Waals surface area contributed by atoms with Crippen molar-refractivity contribution in [3.63, 3.8) is 0 Å². The number of benzene rings is 2. The second kappa shape index (κ2) is 4.63. The molecule has 0 amide bonds. The summed E-state index contributed by atoms with van der Waals surface area (Å²) in [6.07, 6.45) is 2.10. The molecule has 1 radical (unpaired) electrons. The SMILES string of the molecule is C[CH]c1ccc(-c2ccc(Br)cc2)cc1. The predicted molar refractivity (Wildman–Crippen MR) is 68.7 cm³/mol. The van der Waals surface area contributed by atoms with Gasteiger partial charge in [-0.2, -0.15) is 0 Å². The normalized spacial score (nSPS) is 10.3. The van der Waals surface area contributed by atoms with Crippen molar-refractivity contribution in [2.45, 2.75) is 6.92 Å². The molecule has 15 heavy (non-hydrogen) atoms. The van der Waals surface area contributed by atoms with Crippen LogP contribution in [0.5, 0.6) is 0 Å². The minimum atomic E-state index is 1.12. The van der Waals surface area contributed by atoms with Crippen LogP contribution in [0.2, 0.25) is 0 Å². The molecular weight excluding hydrogens is 248 g/mol. The fraction of sp³-hybridized carbons (Fsp3) is 0.0714. The van der Waals surface area contributed by atoms with E-state index < -0.39 is 0 Å². The maximum absolute atomic E-state index is 3.44. The molecule has 0 aliphatic rings. The van der Waals surface area contributed by atoms with Gasteiger partial charge in [-0.3, -0.25) is 0 Å². The van der Waals surface area contributed by atoms with Gasteiger partial charge in [-0.05, 0) is 35.2 Å². The van der Waals surface area contributed by atoms with Gasteiger partial charge in [0.25, 0.3) is 0 Å². The topological polar surface area (TPSA) is 0 Å². The Hall–Kier alpha value is -1.08. The quantitative estimate of drug-likeness (QED) is 0.734. The van der Waals surface area contributed by atoms with E-state index in [2.05, 4.69) is 77.8 Å². The predicted octanol–water partition coefficient (Wildman–Crippen LogP) is 4.69. The van der Waals surface area contributed by atoms with Crippen molar-refractivity contribution >= 4 is 15.9 Å². The van der Waals surface area contributed by atoms with E-state index >= 15 is 0 Å². The van der Waals surface area contributed by atoms with Crippen LogP contribution in [-0.2, 0) is 0 Å². The summed E-state index contributed by atoms with van der Waals surface area (Å²) in [6.45, 7) is 2.05. The lowest BCUT2D eigenvalue weighted by molar-refractivity contribution is 1.42. The minimum Gasteiger partial charge on any atom is -0.0581 e. The van der Waals surface area contributed by atoms with Crippen molar-refractivity contribution in [2.24, 2.45) is 0 Å². The fourth-order valence-electron chi connectivity index (χ4n) is 1.51. The van der Waals surface area contributed by atoms with E-state index in [9.17, 15) is 0 Å². The Bertz CT molecular complexity index is 426. The van der Waals surface area contributed by atoms with Crippen LogP contribution in [0.4, 0.5) is 0 Å². The zero-order valence-corrected chi connectivity index (χ0v) is 10.2. The Morgan fingerprint density at radius 2 is 1.27 bits per heavy atom. The molecule has 2 aromatic rings. The average Bonchev–Trinajstić information content (AvgIpc) is 2.30. The van der Waals surface area contributed by atoms with Gasteiger partial charge in [-0.25, -0.2) is 0 Å². The number of halogens is 1. The third-order valence-corrected chi connectivity index (χ3v) is 2.95. The summed E-state index contributed by atoms with van der Waals surface area (Å²) in [4.78, 5) is 0. The van der Waals surface area contributed by atoms with Crippen LogP contribution in [0.1, 0.15) is 12.5 Å². The summed E-state index contributed by atoms with van der Waals surface area (Å²) < 4.78 is 1.12. The molecule has 0 saturated heterocycles. The molecule has 75 valence electrons. The van der Waals surface area contributed by atoms with Crippen molar-refractivity contribution < 1.29 is 0 Å². The summed E-state index contributed by atoms with van der Waals surface area (Å²) in [5, 5.41) is 0. The summed E-state index contributed by atoms with van der Waals surface area (Å²) in [6, 6.07) is 16.9. The van der Waals surface area contributed by atoms with E-state index in [1.807, 2.05) is 0 Å². The van der Waals surface area contributed by atoms with Gasteiger partial charge in [-0.1, -0.05) is 59.3 Å². The highest BCUT2D eigenvalue weighted by atomic mass is 79.9. The van der Waals surface area contributed by atoms with E-state index in [0.717, 1.165) is 4.47 Å². The highest BCUT2D eigenvalue weighted by Crippen LogP contribution is 2.22. The number of rotatable bonds is 2. The van der Waals surface area contributed by atoms with Crippen LogP contribution < -0.4 is 0 Å². The smallest absolute Gasteiger partial charge is 0.0175 e. The van der Waals surface area contributed by atoms with Crippen molar-refractivity contribution in [1.29, 1.82) is 0 Å². The van der Waals surface area contributed by atoms with Gasteiger partial charge in [0.15, 0.2) is 0 Å². The molecule has 0 fully saturated rings. The van der Waals surface area contributed by atoms with Gasteiger partial charge in [0.05, 0.1) is 0 Å². The molecule has 1 heteroatoms. The fourth-order valence-corrected chi connectivity index (χ4v) is 1.77. The Morgan fingerprint density at radius 3 is 1.73 bits per heavy atom. The largest absolute Gasteiger partial charge is 0.0581 e. The highest BCUT2D eigenvalue weighted by molar-refractivity contribution is 9.10. The van der Waals surface area contributed by atoms with Gasteiger partial charge in [0.1, 0.15) is 0 Å². The first-order valence-corrected chi connectivity index (χ1v) is 5.74. The molecular formula is C14H12Br. The maximum atomic E-state index is 3.44. The van der Waals surface area contributed by atoms with E-state index in [-0.39, 0.29) is 0 Å². The Balaban J connectivity index is 2.33. The standard InChI is InChI=1S/C14H12Br/c1-2-11-3-5-12(6-4-11)13-7-9-14(15)10-8-13/h2-10H,1H3. The molecule has 2 aromatic carbocycles. The second-order valence-electron chi connectivity index (χ2n) is 3.42. The van der Waals surface area contributed by atoms with Crippen LogP contribution in [0, 0.1) is 6.42 Å². The minimum absolute atomic E-state index is 1.12. The molecule has 0 atom stereocenters. The van der Waals surface area contributed by atoms with Gasteiger partial charge >= 0.3 is 0 Å². The van der Waals surface area contributed by atoms with Gasteiger partial charge in [0, 0.05) is 4.47 Å². The zero-order valence-electron chi connectivity index (χ0n) is 8.57. The van der Waals surface area contributed by atoms with Crippen molar-refractivity contribution in [2.75, 3.05) is 0 Å². The Morgan fingerprint density at radius 1 is 0.800 bits per heavy atom.